The molecule has 8 nitrogen and oxygen atoms in total. The van der Waals surface area contributed by atoms with Crippen LogP contribution in [0.2, 0.25) is 0 Å². The number of carbonyl (C=O) groups excluding carboxylic acids is 1. The molecule has 0 radical (unpaired) electrons. The van der Waals surface area contributed by atoms with Crippen LogP contribution in [0.25, 0.3) is 5.69 Å². The van der Waals surface area contributed by atoms with Gasteiger partial charge in [0.25, 0.3) is 5.91 Å². The van der Waals surface area contributed by atoms with E-state index in [0.717, 1.165) is 11.5 Å². The molecule has 0 saturated heterocycles. The van der Waals surface area contributed by atoms with E-state index in [4.69, 9.17) is 4.74 Å². The van der Waals surface area contributed by atoms with Gasteiger partial charge in [-0.25, -0.2) is 13.4 Å². The zero-order valence-electron chi connectivity index (χ0n) is 21.2. The van der Waals surface area contributed by atoms with Crippen LogP contribution < -0.4 is 15.4 Å². The van der Waals surface area contributed by atoms with Crippen LogP contribution in [-0.2, 0) is 16.3 Å². The van der Waals surface area contributed by atoms with Crippen molar-refractivity contribution < 1.29 is 35.5 Å². The summed E-state index contributed by atoms with van der Waals surface area (Å²) in [6, 6.07) is 2.28. The third kappa shape index (κ3) is 6.74. The number of hydrogen-bond acceptors (Lipinski definition) is 6. The molecule has 1 aliphatic carbocycles. The number of aryl methyl sites for hydroxylation is 1. The molecule has 0 unspecified atom stereocenters. The minimum absolute atomic E-state index is 0.0805. The number of nitrogens with zero attached hydrogens (tertiary/aromatic N) is 2. The van der Waals surface area contributed by atoms with Crippen LogP contribution in [0.3, 0.4) is 0 Å². The molecule has 1 heterocycles. The lowest BCUT2D eigenvalue weighted by atomic mass is 9.89. The van der Waals surface area contributed by atoms with E-state index in [0.29, 0.717) is 25.7 Å². The Morgan fingerprint density at radius 3 is 2.43 bits per heavy atom. The number of sulfone groups is 1. The van der Waals surface area contributed by atoms with Crippen LogP contribution in [-0.4, -0.2) is 61.3 Å². The predicted octanol–water partition coefficient (Wildman–Crippen LogP) is 4.28. The van der Waals surface area contributed by atoms with Crippen molar-refractivity contribution in [2.24, 2.45) is 5.92 Å². The summed E-state index contributed by atoms with van der Waals surface area (Å²) < 4.78 is 84.1. The van der Waals surface area contributed by atoms with Crippen molar-refractivity contribution in [1.29, 1.82) is 0 Å². The molecule has 206 valence electrons. The molecule has 0 spiro atoms. The zero-order valence-corrected chi connectivity index (χ0v) is 22.0. The second-order valence-electron chi connectivity index (χ2n) is 9.33. The van der Waals surface area contributed by atoms with Gasteiger partial charge in [0.05, 0.1) is 18.0 Å². The quantitative estimate of drug-likeness (QED) is 0.454. The number of imidazole rings is 1. The standard InChI is InChI=1S/C24H32F4N4O4S/c1-5-20-31-21(23(33)29-13-15-6-9-17(10-7-15)37(4,34)35)22(25)32(20)18-11-8-16(12-19(18)36-3)30-14(2)24(26,27)28/h8,11-12,14-15,17,30H,5-7,9-10,13H2,1-4H3,(H,29,33)/t14-,15-,17+/m1/s1. The maximum Gasteiger partial charge on any atom is 0.408 e. The summed E-state index contributed by atoms with van der Waals surface area (Å²) in [4.78, 5) is 17.0. The molecule has 2 N–H and O–H groups in total. The Hall–Kier alpha value is -2.83. The van der Waals surface area contributed by atoms with Gasteiger partial charge in [-0.15, -0.1) is 0 Å². The molecule has 3 rings (SSSR count). The first kappa shape index (κ1) is 28.7. The van der Waals surface area contributed by atoms with Gasteiger partial charge in [-0.2, -0.15) is 17.6 Å². The molecule has 1 fully saturated rings. The van der Waals surface area contributed by atoms with E-state index in [1.54, 1.807) is 6.92 Å². The minimum atomic E-state index is -4.45. The number of halogens is 4. The Kier molecular flexibility index (Phi) is 8.76. The van der Waals surface area contributed by atoms with Crippen molar-refractivity contribution in [2.45, 2.75) is 63.4 Å². The number of aromatic nitrogens is 2. The fourth-order valence-electron chi connectivity index (χ4n) is 4.44. The Labute approximate surface area is 213 Å². The normalized spacial score (nSPS) is 19.4. The number of alkyl halides is 3. The minimum Gasteiger partial charge on any atom is -0.494 e. The van der Waals surface area contributed by atoms with Gasteiger partial charge >= 0.3 is 6.18 Å². The molecule has 1 amide bonds. The van der Waals surface area contributed by atoms with Gasteiger partial charge in [0, 0.05) is 31.0 Å². The summed E-state index contributed by atoms with van der Waals surface area (Å²) in [6.45, 7) is 2.98. The van der Waals surface area contributed by atoms with Gasteiger partial charge < -0.3 is 15.4 Å². The molecule has 1 aromatic carbocycles. The summed E-state index contributed by atoms with van der Waals surface area (Å²) in [5.41, 5.74) is -0.0862. The van der Waals surface area contributed by atoms with Crippen LogP contribution in [0.15, 0.2) is 18.2 Å². The Balaban J connectivity index is 1.78. The number of anilines is 1. The number of amides is 1. The smallest absolute Gasteiger partial charge is 0.408 e. The van der Waals surface area contributed by atoms with Crippen LogP contribution in [0, 0.1) is 11.9 Å². The van der Waals surface area contributed by atoms with E-state index in [9.17, 15) is 26.4 Å². The summed E-state index contributed by atoms with van der Waals surface area (Å²) in [5.74, 6) is -1.21. The van der Waals surface area contributed by atoms with Gasteiger partial charge in [-0.05, 0) is 50.7 Å². The highest BCUT2D eigenvalue weighted by molar-refractivity contribution is 7.91. The number of methoxy groups -OCH3 is 1. The number of ether oxygens (including phenoxy) is 1. The molecule has 1 saturated carbocycles. The number of nitrogens with one attached hydrogen (secondary N) is 2. The average molecular weight is 549 g/mol. The van der Waals surface area contributed by atoms with E-state index in [2.05, 4.69) is 15.6 Å². The van der Waals surface area contributed by atoms with Gasteiger partial charge in [0.15, 0.2) is 5.69 Å². The summed E-state index contributed by atoms with van der Waals surface area (Å²) in [6.07, 6.45) is -0.629. The third-order valence-corrected chi connectivity index (χ3v) is 8.35. The molecule has 1 aliphatic rings. The number of hydrogen-bond donors (Lipinski definition) is 2. The number of rotatable bonds is 9. The van der Waals surface area contributed by atoms with Crippen LogP contribution in [0.4, 0.5) is 23.2 Å². The third-order valence-electron chi connectivity index (χ3n) is 6.67. The van der Waals surface area contributed by atoms with Gasteiger partial charge in [-0.3, -0.25) is 9.36 Å². The van der Waals surface area contributed by atoms with Crippen molar-refractivity contribution in [3.8, 4) is 11.4 Å². The van der Waals surface area contributed by atoms with Crippen molar-refractivity contribution in [1.82, 2.24) is 14.9 Å². The highest BCUT2D eigenvalue weighted by Crippen LogP contribution is 2.32. The number of benzene rings is 1. The maximum absolute atomic E-state index is 15.5. The second kappa shape index (κ2) is 11.3. The molecule has 0 bridgehead atoms. The first-order valence-corrected chi connectivity index (χ1v) is 14.0. The second-order valence-corrected chi connectivity index (χ2v) is 11.7. The van der Waals surface area contributed by atoms with Crippen molar-refractivity contribution in [3.63, 3.8) is 0 Å². The molecule has 13 heteroatoms. The van der Waals surface area contributed by atoms with Crippen molar-refractivity contribution in [3.05, 3.63) is 35.7 Å². The number of carbonyl (C=O) groups is 1. The zero-order chi connectivity index (χ0) is 27.5. The lowest BCUT2D eigenvalue weighted by Crippen LogP contribution is -2.34. The summed E-state index contributed by atoms with van der Waals surface area (Å²) in [5, 5.41) is 4.67. The summed E-state index contributed by atoms with van der Waals surface area (Å²) in [7, 11) is -1.79. The van der Waals surface area contributed by atoms with Crippen molar-refractivity contribution in [2.75, 3.05) is 25.2 Å². The first-order chi connectivity index (χ1) is 17.3. The molecule has 1 atom stereocenters. The van der Waals surface area contributed by atoms with Crippen LogP contribution in [0.1, 0.15) is 55.8 Å². The van der Waals surface area contributed by atoms with E-state index in [1.807, 2.05) is 0 Å². The Bertz CT molecular complexity index is 1220. The molecule has 37 heavy (non-hydrogen) atoms. The largest absolute Gasteiger partial charge is 0.494 e. The SMILES string of the molecule is CCc1nc(C(=O)NC[C@H]2CC[C@@H](S(C)(=O)=O)CC2)c(F)n1-c1ccc(N[C@H](C)C(F)(F)F)cc1OC. The van der Waals surface area contributed by atoms with Crippen molar-refractivity contribution >= 4 is 21.4 Å². The molecule has 2 aromatic rings. The van der Waals surface area contributed by atoms with Gasteiger partial charge in [0.1, 0.15) is 27.5 Å². The molecular formula is C24H32F4N4O4S. The first-order valence-electron chi connectivity index (χ1n) is 12.0. The molecule has 0 aliphatic heterocycles. The predicted molar refractivity (Wildman–Crippen MR) is 132 cm³/mol. The van der Waals surface area contributed by atoms with E-state index in [-0.39, 0.29) is 47.1 Å². The van der Waals surface area contributed by atoms with E-state index in [1.165, 1.54) is 31.6 Å². The highest BCUT2D eigenvalue weighted by Gasteiger charge is 2.36. The lowest BCUT2D eigenvalue weighted by Gasteiger charge is -2.27. The van der Waals surface area contributed by atoms with E-state index >= 15 is 4.39 Å². The topological polar surface area (TPSA) is 102 Å². The van der Waals surface area contributed by atoms with Gasteiger partial charge in [0.2, 0.25) is 5.95 Å². The summed E-state index contributed by atoms with van der Waals surface area (Å²) >= 11 is 0. The fraction of sp³-hybridized carbons (Fsp3) is 0.583. The molecule has 1 aromatic heterocycles. The Morgan fingerprint density at radius 1 is 1.24 bits per heavy atom. The average Bonchev–Trinajstić information content (AvgIpc) is 3.17. The van der Waals surface area contributed by atoms with Gasteiger partial charge in [-0.1, -0.05) is 6.92 Å². The Morgan fingerprint density at radius 2 is 1.89 bits per heavy atom. The van der Waals surface area contributed by atoms with Crippen LogP contribution in [0.5, 0.6) is 5.75 Å². The highest BCUT2D eigenvalue weighted by atomic mass is 32.2. The maximum atomic E-state index is 15.5. The van der Waals surface area contributed by atoms with E-state index < -0.39 is 39.6 Å². The fourth-order valence-corrected chi connectivity index (χ4v) is 5.57. The van der Waals surface area contributed by atoms with Crippen LogP contribution >= 0.6 is 0 Å². The molecular weight excluding hydrogens is 516 g/mol. The monoisotopic (exact) mass is 548 g/mol. The lowest BCUT2D eigenvalue weighted by molar-refractivity contribution is -0.138.